The Kier molecular flexibility index (Phi) is 5.10. The zero-order valence-electron chi connectivity index (χ0n) is 13.6. The second-order valence-corrected chi connectivity index (χ2v) is 7.69. The van der Waals surface area contributed by atoms with E-state index in [2.05, 4.69) is 20.4 Å². The van der Waals surface area contributed by atoms with E-state index in [1.54, 1.807) is 23.4 Å². The van der Waals surface area contributed by atoms with Gasteiger partial charge in [0.2, 0.25) is 15.9 Å². The molecule has 0 saturated carbocycles. The molecule has 130 valence electrons. The third-order valence-corrected chi connectivity index (χ3v) is 5.79. The predicted octanol–water partition coefficient (Wildman–Crippen LogP) is 1.60. The summed E-state index contributed by atoms with van der Waals surface area (Å²) >= 11 is 0. The summed E-state index contributed by atoms with van der Waals surface area (Å²) in [6, 6.07) is 3.27. The molecule has 1 saturated heterocycles. The molecule has 9 heteroatoms. The molecule has 1 aliphatic rings. The van der Waals surface area contributed by atoms with Crippen LogP contribution in [0.2, 0.25) is 0 Å². The van der Waals surface area contributed by atoms with E-state index in [0.717, 1.165) is 19.3 Å². The summed E-state index contributed by atoms with van der Waals surface area (Å²) in [4.78, 5) is 8.55. The number of aromatic nitrogens is 3. The van der Waals surface area contributed by atoms with Crippen molar-refractivity contribution >= 4 is 15.8 Å². The molecule has 8 nitrogen and oxygen atoms in total. The van der Waals surface area contributed by atoms with Gasteiger partial charge in [-0.1, -0.05) is 11.6 Å². The Morgan fingerprint density at radius 2 is 2.04 bits per heavy atom. The molecule has 0 bridgehead atoms. The third-order valence-electron chi connectivity index (χ3n) is 3.90. The van der Waals surface area contributed by atoms with E-state index in [9.17, 15) is 8.42 Å². The molecule has 24 heavy (non-hydrogen) atoms. The van der Waals surface area contributed by atoms with Crippen LogP contribution in [-0.4, -0.2) is 47.5 Å². The minimum atomic E-state index is -3.43. The summed E-state index contributed by atoms with van der Waals surface area (Å²) in [6.07, 6.45) is 4.91. The molecule has 2 aromatic rings. The molecule has 0 amide bonds. The van der Waals surface area contributed by atoms with Crippen molar-refractivity contribution in [1.29, 1.82) is 0 Å². The molecule has 0 atom stereocenters. The van der Waals surface area contributed by atoms with Crippen molar-refractivity contribution < 1.29 is 12.9 Å². The highest BCUT2D eigenvalue weighted by Crippen LogP contribution is 2.20. The van der Waals surface area contributed by atoms with Gasteiger partial charge in [-0.3, -0.25) is 0 Å². The smallest absolute Gasteiger partial charge is 0.244 e. The maximum Gasteiger partial charge on any atom is 0.244 e. The van der Waals surface area contributed by atoms with Crippen LogP contribution in [0.1, 0.15) is 31.0 Å². The number of piperidine rings is 1. The van der Waals surface area contributed by atoms with Gasteiger partial charge in [0.15, 0.2) is 5.82 Å². The van der Waals surface area contributed by atoms with Crippen molar-refractivity contribution in [1.82, 2.24) is 19.4 Å². The molecule has 0 aromatic carbocycles. The highest BCUT2D eigenvalue weighted by Gasteiger charge is 2.26. The van der Waals surface area contributed by atoms with Crippen molar-refractivity contribution in [2.24, 2.45) is 0 Å². The number of hydrogen-bond acceptors (Lipinski definition) is 7. The lowest BCUT2D eigenvalue weighted by molar-refractivity contribution is 0.346. The first-order chi connectivity index (χ1) is 11.6. The fourth-order valence-corrected chi connectivity index (χ4v) is 4.09. The first-order valence-electron chi connectivity index (χ1n) is 8.05. The van der Waals surface area contributed by atoms with Gasteiger partial charge >= 0.3 is 0 Å². The van der Waals surface area contributed by atoms with Crippen LogP contribution in [-0.2, 0) is 16.4 Å². The summed E-state index contributed by atoms with van der Waals surface area (Å²) < 4.78 is 31.6. The summed E-state index contributed by atoms with van der Waals surface area (Å²) in [5.41, 5.74) is 0. The largest absolute Gasteiger partial charge is 0.370 e. The highest BCUT2D eigenvalue weighted by molar-refractivity contribution is 7.89. The molecule has 1 aliphatic heterocycles. The Hall–Kier alpha value is -2.00. The van der Waals surface area contributed by atoms with Crippen LogP contribution in [0.25, 0.3) is 0 Å². The summed E-state index contributed by atoms with van der Waals surface area (Å²) in [6.45, 7) is 3.52. The van der Waals surface area contributed by atoms with Crippen LogP contribution >= 0.6 is 0 Å². The lowest BCUT2D eigenvalue weighted by Crippen LogP contribution is -2.35. The average Bonchev–Trinajstić information content (AvgIpc) is 3.01. The van der Waals surface area contributed by atoms with Crippen LogP contribution in [0.15, 0.2) is 27.7 Å². The molecule has 0 aliphatic carbocycles. The molecule has 1 fully saturated rings. The Bertz CT molecular complexity index is 767. The minimum absolute atomic E-state index is 0.238. The normalized spacial score (nSPS) is 16.2. The molecule has 3 rings (SSSR count). The van der Waals surface area contributed by atoms with Gasteiger partial charge in [-0.25, -0.2) is 13.4 Å². The number of nitrogens with zero attached hydrogens (tertiary/aromatic N) is 4. The van der Waals surface area contributed by atoms with Gasteiger partial charge in [-0.05, 0) is 31.9 Å². The monoisotopic (exact) mass is 351 g/mol. The van der Waals surface area contributed by atoms with Crippen molar-refractivity contribution in [3.8, 4) is 0 Å². The summed E-state index contributed by atoms with van der Waals surface area (Å²) in [7, 11) is -3.43. The predicted molar refractivity (Wildman–Crippen MR) is 88.1 cm³/mol. The quantitative estimate of drug-likeness (QED) is 0.843. The van der Waals surface area contributed by atoms with E-state index in [4.69, 9.17) is 4.52 Å². The second-order valence-electron chi connectivity index (χ2n) is 5.76. The zero-order valence-corrected chi connectivity index (χ0v) is 14.4. The lowest BCUT2D eigenvalue weighted by Gasteiger charge is -2.25. The van der Waals surface area contributed by atoms with Gasteiger partial charge in [-0.15, -0.1) is 0 Å². The van der Waals surface area contributed by atoms with Gasteiger partial charge in [0.25, 0.3) is 0 Å². The van der Waals surface area contributed by atoms with E-state index >= 15 is 0 Å². The van der Waals surface area contributed by atoms with Crippen LogP contribution < -0.4 is 5.32 Å². The maximum absolute atomic E-state index is 12.5. The van der Waals surface area contributed by atoms with Crippen LogP contribution in [0.5, 0.6) is 0 Å². The summed E-state index contributed by atoms with van der Waals surface area (Å²) in [5, 5.41) is 6.84. The minimum Gasteiger partial charge on any atom is -0.370 e. The number of hydrogen-bond donors (Lipinski definition) is 1. The van der Waals surface area contributed by atoms with E-state index in [0.29, 0.717) is 43.6 Å². The summed E-state index contributed by atoms with van der Waals surface area (Å²) in [5.74, 6) is 1.78. The topological polar surface area (TPSA) is 101 Å². The third kappa shape index (κ3) is 3.90. The number of anilines is 1. The SMILES string of the molecule is Cc1noc(CCNc2ccc(S(=O)(=O)N3CCCCC3)cn2)n1. The maximum atomic E-state index is 12.5. The van der Waals surface area contributed by atoms with E-state index in [-0.39, 0.29) is 4.90 Å². The molecular formula is C15H21N5O3S. The molecule has 0 spiro atoms. The molecule has 0 unspecified atom stereocenters. The van der Waals surface area contributed by atoms with Gasteiger partial charge in [-0.2, -0.15) is 9.29 Å². The van der Waals surface area contributed by atoms with E-state index < -0.39 is 10.0 Å². The Morgan fingerprint density at radius 1 is 1.25 bits per heavy atom. The fourth-order valence-electron chi connectivity index (χ4n) is 2.63. The standard InChI is InChI=1S/C15H21N5O3S/c1-12-18-15(23-19-12)7-8-16-14-6-5-13(11-17-14)24(21,22)20-9-3-2-4-10-20/h5-6,11H,2-4,7-10H2,1H3,(H,16,17). The van der Waals surface area contributed by atoms with E-state index in [1.807, 2.05) is 0 Å². The number of rotatable bonds is 6. The lowest BCUT2D eigenvalue weighted by atomic mass is 10.2. The van der Waals surface area contributed by atoms with Gasteiger partial charge in [0.05, 0.1) is 0 Å². The Morgan fingerprint density at radius 3 is 2.67 bits per heavy atom. The Labute approximate surface area is 141 Å². The van der Waals surface area contributed by atoms with Crippen molar-refractivity contribution in [3.05, 3.63) is 30.0 Å². The van der Waals surface area contributed by atoms with E-state index in [1.165, 1.54) is 6.20 Å². The van der Waals surface area contributed by atoms with Crippen LogP contribution in [0, 0.1) is 6.92 Å². The zero-order chi connectivity index (χ0) is 17.0. The first-order valence-corrected chi connectivity index (χ1v) is 9.49. The average molecular weight is 351 g/mol. The molecular weight excluding hydrogens is 330 g/mol. The fraction of sp³-hybridized carbons (Fsp3) is 0.533. The van der Waals surface area contributed by atoms with Crippen LogP contribution in [0.3, 0.4) is 0 Å². The number of nitrogens with one attached hydrogen (secondary N) is 1. The van der Waals surface area contributed by atoms with Crippen LogP contribution in [0.4, 0.5) is 5.82 Å². The van der Waals surface area contributed by atoms with Crippen molar-refractivity contribution in [2.45, 2.75) is 37.5 Å². The number of pyridine rings is 1. The van der Waals surface area contributed by atoms with Crippen molar-refractivity contribution in [2.75, 3.05) is 25.0 Å². The molecule has 0 radical (unpaired) electrons. The highest BCUT2D eigenvalue weighted by atomic mass is 32.2. The van der Waals surface area contributed by atoms with Gasteiger partial charge in [0, 0.05) is 32.3 Å². The molecule has 2 aromatic heterocycles. The van der Waals surface area contributed by atoms with Gasteiger partial charge < -0.3 is 9.84 Å². The number of aryl methyl sites for hydroxylation is 1. The Balaban J connectivity index is 1.58. The van der Waals surface area contributed by atoms with Crippen molar-refractivity contribution in [3.63, 3.8) is 0 Å². The van der Waals surface area contributed by atoms with Gasteiger partial charge in [0.1, 0.15) is 10.7 Å². The number of sulfonamides is 1. The molecule has 3 heterocycles. The molecule has 1 N–H and O–H groups in total. The first kappa shape index (κ1) is 16.8. The second kappa shape index (κ2) is 7.27.